The number of nitrogens with zero attached hydrogens (tertiary/aromatic N) is 1. The maximum absolute atomic E-state index is 5.90. The SMILES string of the molecule is CC(C)Oc1c(OC2CC2)cncc1C(C)C. The van der Waals surface area contributed by atoms with E-state index in [0.717, 1.165) is 29.9 Å². The zero-order valence-corrected chi connectivity index (χ0v) is 11.1. The van der Waals surface area contributed by atoms with E-state index in [1.54, 1.807) is 6.20 Å². The molecule has 0 N–H and O–H groups in total. The molecule has 3 nitrogen and oxygen atoms in total. The normalized spacial score (nSPS) is 15.4. The van der Waals surface area contributed by atoms with Crippen LogP contribution in [0.3, 0.4) is 0 Å². The summed E-state index contributed by atoms with van der Waals surface area (Å²) in [5, 5.41) is 0. The zero-order valence-electron chi connectivity index (χ0n) is 11.1. The van der Waals surface area contributed by atoms with Gasteiger partial charge in [-0.3, -0.25) is 4.98 Å². The Bertz CT molecular complexity index is 384. The molecule has 1 aliphatic rings. The lowest BCUT2D eigenvalue weighted by Crippen LogP contribution is -2.11. The lowest BCUT2D eigenvalue weighted by Gasteiger charge is -2.19. The molecule has 0 bridgehead atoms. The highest BCUT2D eigenvalue weighted by molar-refractivity contribution is 5.45. The number of hydrogen-bond acceptors (Lipinski definition) is 3. The summed E-state index contributed by atoms with van der Waals surface area (Å²) in [6, 6.07) is 0. The third-order valence-corrected chi connectivity index (χ3v) is 2.68. The zero-order chi connectivity index (χ0) is 12.4. The quantitative estimate of drug-likeness (QED) is 0.782. The van der Waals surface area contributed by atoms with Gasteiger partial charge in [-0.2, -0.15) is 0 Å². The lowest BCUT2D eigenvalue weighted by atomic mass is 10.0. The fourth-order valence-electron chi connectivity index (χ4n) is 1.67. The van der Waals surface area contributed by atoms with E-state index in [-0.39, 0.29) is 6.10 Å². The second-order valence-electron chi connectivity index (χ2n) is 5.19. The van der Waals surface area contributed by atoms with Crippen molar-refractivity contribution in [2.75, 3.05) is 0 Å². The highest BCUT2D eigenvalue weighted by Crippen LogP contribution is 2.38. The van der Waals surface area contributed by atoms with Crippen LogP contribution in [-0.4, -0.2) is 17.2 Å². The van der Waals surface area contributed by atoms with Crippen molar-refractivity contribution in [3.8, 4) is 11.5 Å². The van der Waals surface area contributed by atoms with Gasteiger partial charge in [-0.15, -0.1) is 0 Å². The number of pyridine rings is 1. The molecule has 0 saturated heterocycles. The molecule has 1 heterocycles. The van der Waals surface area contributed by atoms with Gasteiger partial charge in [0.25, 0.3) is 0 Å². The molecule has 3 heteroatoms. The number of aromatic nitrogens is 1. The number of hydrogen-bond donors (Lipinski definition) is 0. The summed E-state index contributed by atoms with van der Waals surface area (Å²) in [4.78, 5) is 4.25. The van der Waals surface area contributed by atoms with Crippen LogP contribution in [-0.2, 0) is 0 Å². The van der Waals surface area contributed by atoms with Crippen molar-refractivity contribution in [2.45, 2.75) is 58.7 Å². The Balaban J connectivity index is 2.30. The van der Waals surface area contributed by atoms with E-state index in [9.17, 15) is 0 Å². The standard InChI is InChI=1S/C14H21NO2/c1-9(2)12-7-15-8-13(17-11-5-6-11)14(12)16-10(3)4/h7-11H,5-6H2,1-4H3. The van der Waals surface area contributed by atoms with Gasteiger partial charge in [0.2, 0.25) is 0 Å². The fourth-order valence-corrected chi connectivity index (χ4v) is 1.67. The van der Waals surface area contributed by atoms with Crippen molar-refractivity contribution in [2.24, 2.45) is 0 Å². The summed E-state index contributed by atoms with van der Waals surface area (Å²) in [5.41, 5.74) is 1.12. The predicted molar refractivity (Wildman–Crippen MR) is 67.7 cm³/mol. The van der Waals surface area contributed by atoms with E-state index >= 15 is 0 Å². The third-order valence-electron chi connectivity index (χ3n) is 2.68. The summed E-state index contributed by atoms with van der Waals surface area (Å²) in [6.07, 6.45) is 6.45. The number of ether oxygens (including phenoxy) is 2. The van der Waals surface area contributed by atoms with Gasteiger partial charge < -0.3 is 9.47 Å². The van der Waals surface area contributed by atoms with Gasteiger partial charge in [-0.25, -0.2) is 0 Å². The van der Waals surface area contributed by atoms with Crippen molar-refractivity contribution < 1.29 is 9.47 Å². The Morgan fingerprint density at radius 1 is 1.18 bits per heavy atom. The van der Waals surface area contributed by atoms with E-state index in [1.807, 2.05) is 20.0 Å². The first kappa shape index (κ1) is 12.2. The molecule has 1 aromatic heterocycles. The van der Waals surface area contributed by atoms with Crippen LogP contribution in [0.15, 0.2) is 12.4 Å². The average Bonchev–Trinajstić information content (AvgIpc) is 3.03. The Morgan fingerprint density at radius 2 is 1.88 bits per heavy atom. The van der Waals surface area contributed by atoms with E-state index in [0.29, 0.717) is 12.0 Å². The minimum Gasteiger partial charge on any atom is -0.487 e. The van der Waals surface area contributed by atoms with Gasteiger partial charge in [0.15, 0.2) is 11.5 Å². The van der Waals surface area contributed by atoms with Crippen LogP contribution >= 0.6 is 0 Å². The summed E-state index contributed by atoms with van der Waals surface area (Å²) in [6.45, 7) is 8.35. The van der Waals surface area contributed by atoms with E-state index < -0.39 is 0 Å². The molecule has 0 atom stereocenters. The average molecular weight is 235 g/mol. The van der Waals surface area contributed by atoms with E-state index in [1.165, 1.54) is 0 Å². The van der Waals surface area contributed by atoms with Gasteiger partial charge in [-0.05, 0) is 32.6 Å². The molecular weight excluding hydrogens is 214 g/mol. The first-order chi connectivity index (χ1) is 8.08. The van der Waals surface area contributed by atoms with Gasteiger partial charge in [0.1, 0.15) is 0 Å². The van der Waals surface area contributed by atoms with Crippen LogP contribution in [0, 0.1) is 0 Å². The first-order valence-electron chi connectivity index (χ1n) is 6.39. The van der Waals surface area contributed by atoms with Crippen molar-refractivity contribution >= 4 is 0 Å². The van der Waals surface area contributed by atoms with Gasteiger partial charge in [-0.1, -0.05) is 13.8 Å². The lowest BCUT2D eigenvalue weighted by molar-refractivity contribution is 0.214. The smallest absolute Gasteiger partial charge is 0.180 e. The maximum Gasteiger partial charge on any atom is 0.180 e. The molecule has 1 saturated carbocycles. The monoisotopic (exact) mass is 235 g/mol. The molecule has 0 amide bonds. The summed E-state index contributed by atoms with van der Waals surface area (Å²) < 4.78 is 11.8. The summed E-state index contributed by atoms with van der Waals surface area (Å²) in [5.74, 6) is 2.06. The van der Waals surface area contributed by atoms with E-state index in [4.69, 9.17) is 9.47 Å². The molecule has 0 radical (unpaired) electrons. The minimum atomic E-state index is 0.149. The van der Waals surface area contributed by atoms with Crippen molar-refractivity contribution in [3.05, 3.63) is 18.0 Å². The highest BCUT2D eigenvalue weighted by Gasteiger charge is 2.26. The number of rotatable bonds is 5. The molecule has 1 aromatic rings. The second-order valence-corrected chi connectivity index (χ2v) is 5.19. The van der Waals surface area contributed by atoms with Crippen LogP contribution in [0.2, 0.25) is 0 Å². The molecule has 0 aromatic carbocycles. The molecule has 1 aliphatic carbocycles. The molecule has 17 heavy (non-hydrogen) atoms. The van der Waals surface area contributed by atoms with Crippen LogP contribution < -0.4 is 9.47 Å². The van der Waals surface area contributed by atoms with Crippen LogP contribution in [0.1, 0.15) is 52.0 Å². The molecule has 0 spiro atoms. The topological polar surface area (TPSA) is 31.4 Å². The molecule has 94 valence electrons. The minimum absolute atomic E-state index is 0.149. The van der Waals surface area contributed by atoms with Crippen LogP contribution in [0.4, 0.5) is 0 Å². The molecule has 2 rings (SSSR count). The van der Waals surface area contributed by atoms with Gasteiger partial charge in [0, 0.05) is 11.8 Å². The summed E-state index contributed by atoms with van der Waals surface area (Å²) >= 11 is 0. The van der Waals surface area contributed by atoms with Crippen molar-refractivity contribution in [1.29, 1.82) is 0 Å². The Labute approximate surface area is 103 Å². The predicted octanol–water partition coefficient (Wildman–Crippen LogP) is 3.53. The second kappa shape index (κ2) is 4.94. The maximum atomic E-state index is 5.90. The van der Waals surface area contributed by atoms with Gasteiger partial charge in [0.05, 0.1) is 18.4 Å². The van der Waals surface area contributed by atoms with E-state index in [2.05, 4.69) is 18.8 Å². The molecular formula is C14H21NO2. The van der Waals surface area contributed by atoms with Crippen LogP contribution in [0.25, 0.3) is 0 Å². The molecule has 0 aliphatic heterocycles. The largest absolute Gasteiger partial charge is 0.487 e. The molecule has 1 fully saturated rings. The van der Waals surface area contributed by atoms with Gasteiger partial charge >= 0.3 is 0 Å². The van der Waals surface area contributed by atoms with Crippen molar-refractivity contribution in [1.82, 2.24) is 4.98 Å². The Hall–Kier alpha value is -1.25. The Morgan fingerprint density at radius 3 is 2.41 bits per heavy atom. The van der Waals surface area contributed by atoms with Crippen molar-refractivity contribution in [3.63, 3.8) is 0 Å². The summed E-state index contributed by atoms with van der Waals surface area (Å²) in [7, 11) is 0. The molecule has 0 unspecified atom stereocenters. The third kappa shape index (κ3) is 3.11. The van der Waals surface area contributed by atoms with Crippen LogP contribution in [0.5, 0.6) is 11.5 Å². The first-order valence-corrected chi connectivity index (χ1v) is 6.39. The Kier molecular flexibility index (Phi) is 3.55. The fraction of sp³-hybridized carbons (Fsp3) is 0.643. The highest BCUT2D eigenvalue weighted by atomic mass is 16.5.